The van der Waals surface area contributed by atoms with E-state index in [1.807, 2.05) is 61.5 Å². The molecule has 1 N–H and O–H groups in total. The fourth-order valence-corrected chi connectivity index (χ4v) is 4.55. The van der Waals surface area contributed by atoms with Crippen molar-refractivity contribution < 1.29 is 9.59 Å². The summed E-state index contributed by atoms with van der Waals surface area (Å²) < 4.78 is 1.61. The number of anilines is 1. The zero-order chi connectivity index (χ0) is 20.1. The van der Waals surface area contributed by atoms with Crippen molar-refractivity contribution in [3.8, 4) is 0 Å². The third-order valence-corrected chi connectivity index (χ3v) is 6.19. The SMILES string of the molecule is Cc1ccc(/C=C2/SC(=S)N(CCCC(=O)Nc3cccc(I)c3)C2=O)cc1. The number of hydrogen-bond acceptors (Lipinski definition) is 4. The molecule has 1 saturated heterocycles. The molecule has 3 rings (SSSR count). The number of aryl methyl sites for hydroxylation is 1. The number of rotatable bonds is 6. The number of thiocarbonyl (C=S) groups is 1. The van der Waals surface area contributed by atoms with E-state index >= 15 is 0 Å². The minimum absolute atomic E-state index is 0.0670. The van der Waals surface area contributed by atoms with Crippen LogP contribution < -0.4 is 5.32 Å². The average molecular weight is 522 g/mol. The highest BCUT2D eigenvalue weighted by atomic mass is 127. The lowest BCUT2D eigenvalue weighted by atomic mass is 10.1. The molecule has 1 fully saturated rings. The Kier molecular flexibility index (Phi) is 7.25. The first-order valence-electron chi connectivity index (χ1n) is 8.80. The third-order valence-electron chi connectivity index (χ3n) is 4.14. The molecule has 0 spiro atoms. The van der Waals surface area contributed by atoms with Crippen LogP contribution in [-0.4, -0.2) is 27.6 Å². The molecule has 7 heteroatoms. The number of hydrogen-bond donors (Lipinski definition) is 1. The van der Waals surface area contributed by atoms with Crippen LogP contribution in [-0.2, 0) is 9.59 Å². The Bertz CT molecular complexity index is 942. The predicted octanol–water partition coefficient (Wildman–Crippen LogP) is 5.22. The van der Waals surface area contributed by atoms with Gasteiger partial charge < -0.3 is 5.32 Å². The van der Waals surface area contributed by atoms with Crippen molar-refractivity contribution in [3.63, 3.8) is 0 Å². The molecule has 0 saturated carbocycles. The number of nitrogens with zero attached hydrogens (tertiary/aromatic N) is 1. The van der Waals surface area contributed by atoms with Gasteiger partial charge in [-0.2, -0.15) is 0 Å². The maximum atomic E-state index is 12.6. The van der Waals surface area contributed by atoms with Crippen LogP contribution in [0.3, 0.4) is 0 Å². The molecule has 2 amide bonds. The highest BCUT2D eigenvalue weighted by molar-refractivity contribution is 14.1. The predicted molar refractivity (Wildman–Crippen MR) is 128 cm³/mol. The van der Waals surface area contributed by atoms with Crippen LogP contribution in [0.4, 0.5) is 5.69 Å². The van der Waals surface area contributed by atoms with Crippen molar-refractivity contribution >= 4 is 74.5 Å². The van der Waals surface area contributed by atoms with Crippen LogP contribution in [0.5, 0.6) is 0 Å². The van der Waals surface area contributed by atoms with Gasteiger partial charge in [-0.25, -0.2) is 0 Å². The summed E-state index contributed by atoms with van der Waals surface area (Å²) in [4.78, 5) is 27.0. The average Bonchev–Trinajstić information content (AvgIpc) is 2.91. The second-order valence-electron chi connectivity index (χ2n) is 6.41. The third kappa shape index (κ3) is 5.65. The van der Waals surface area contributed by atoms with Crippen molar-refractivity contribution in [3.05, 3.63) is 68.1 Å². The first kappa shape index (κ1) is 21.0. The Morgan fingerprint density at radius 1 is 1.25 bits per heavy atom. The Morgan fingerprint density at radius 2 is 2.00 bits per heavy atom. The minimum atomic E-state index is -0.0893. The Balaban J connectivity index is 1.53. The lowest BCUT2D eigenvalue weighted by Gasteiger charge is -2.14. The van der Waals surface area contributed by atoms with Gasteiger partial charge in [0.1, 0.15) is 4.32 Å². The monoisotopic (exact) mass is 522 g/mol. The van der Waals surface area contributed by atoms with E-state index in [0.717, 1.165) is 14.8 Å². The molecule has 28 heavy (non-hydrogen) atoms. The molecule has 1 heterocycles. The van der Waals surface area contributed by atoms with Crippen LogP contribution in [0.15, 0.2) is 53.4 Å². The number of carbonyl (C=O) groups is 2. The highest BCUT2D eigenvalue weighted by Gasteiger charge is 2.31. The van der Waals surface area contributed by atoms with Crippen molar-refractivity contribution in [2.75, 3.05) is 11.9 Å². The molecule has 2 aromatic carbocycles. The number of carbonyl (C=O) groups excluding carboxylic acids is 2. The fourth-order valence-electron chi connectivity index (χ4n) is 2.69. The van der Waals surface area contributed by atoms with Crippen LogP contribution >= 0.6 is 46.6 Å². The van der Waals surface area contributed by atoms with Crippen molar-refractivity contribution in [2.24, 2.45) is 0 Å². The molecule has 0 atom stereocenters. The van der Waals surface area contributed by atoms with E-state index in [1.54, 1.807) is 4.90 Å². The van der Waals surface area contributed by atoms with Gasteiger partial charge in [0, 0.05) is 22.2 Å². The molecular weight excluding hydrogens is 503 g/mol. The maximum absolute atomic E-state index is 12.6. The van der Waals surface area contributed by atoms with Crippen LogP contribution in [0, 0.1) is 10.5 Å². The van der Waals surface area contributed by atoms with Gasteiger partial charge in [-0.3, -0.25) is 14.5 Å². The largest absolute Gasteiger partial charge is 0.326 e. The van der Waals surface area contributed by atoms with E-state index in [0.29, 0.717) is 28.6 Å². The summed E-state index contributed by atoms with van der Waals surface area (Å²) in [7, 11) is 0. The molecule has 0 bridgehead atoms. The lowest BCUT2D eigenvalue weighted by Crippen LogP contribution is -2.29. The lowest BCUT2D eigenvalue weighted by molar-refractivity contribution is -0.122. The second-order valence-corrected chi connectivity index (χ2v) is 9.33. The Morgan fingerprint density at radius 3 is 2.71 bits per heavy atom. The summed E-state index contributed by atoms with van der Waals surface area (Å²) in [6.45, 7) is 2.47. The molecule has 2 aromatic rings. The number of halogens is 1. The molecule has 144 valence electrons. The second kappa shape index (κ2) is 9.67. The van der Waals surface area contributed by atoms with Gasteiger partial charge >= 0.3 is 0 Å². The summed E-state index contributed by atoms with van der Waals surface area (Å²) in [6, 6.07) is 15.6. The number of amides is 2. The summed E-state index contributed by atoms with van der Waals surface area (Å²) in [6.07, 6.45) is 2.75. The smallest absolute Gasteiger partial charge is 0.266 e. The molecule has 4 nitrogen and oxygen atoms in total. The standard InChI is InChI=1S/C21H19IN2O2S2/c1-14-7-9-15(10-8-14)12-18-20(26)24(21(27)28-18)11-3-6-19(25)23-17-5-2-4-16(22)13-17/h2,4-5,7-10,12-13H,3,6,11H2,1H3,(H,23,25)/b18-12+. The number of thioether (sulfide) groups is 1. The normalized spacial score (nSPS) is 15.4. The Labute approximate surface area is 187 Å². The van der Waals surface area contributed by atoms with Crippen LogP contribution in [0.2, 0.25) is 0 Å². The van der Waals surface area contributed by atoms with Gasteiger partial charge in [-0.05, 0) is 65.8 Å². The van der Waals surface area contributed by atoms with Crippen molar-refractivity contribution in [2.45, 2.75) is 19.8 Å². The molecular formula is C21H19IN2O2S2. The van der Waals surface area contributed by atoms with Crippen molar-refractivity contribution in [1.29, 1.82) is 0 Å². The summed E-state index contributed by atoms with van der Waals surface area (Å²) in [5.41, 5.74) is 2.93. The molecule has 0 unspecified atom stereocenters. The van der Waals surface area contributed by atoms with Gasteiger partial charge in [0.05, 0.1) is 4.91 Å². The highest BCUT2D eigenvalue weighted by Crippen LogP contribution is 2.32. The van der Waals surface area contributed by atoms with E-state index in [9.17, 15) is 9.59 Å². The van der Waals surface area contributed by atoms with Gasteiger partial charge in [-0.1, -0.05) is 59.9 Å². The minimum Gasteiger partial charge on any atom is -0.326 e. The molecule has 1 aliphatic rings. The van der Waals surface area contributed by atoms with E-state index < -0.39 is 0 Å². The van der Waals surface area contributed by atoms with E-state index in [-0.39, 0.29) is 11.8 Å². The van der Waals surface area contributed by atoms with E-state index in [1.165, 1.54) is 17.3 Å². The molecule has 0 aromatic heterocycles. The topological polar surface area (TPSA) is 49.4 Å². The Hall–Kier alpha value is -1.71. The summed E-state index contributed by atoms with van der Waals surface area (Å²) in [5.74, 6) is -0.156. The molecule has 0 radical (unpaired) electrons. The van der Waals surface area contributed by atoms with Gasteiger partial charge in [0.25, 0.3) is 5.91 Å². The molecule has 0 aliphatic carbocycles. The first-order valence-corrected chi connectivity index (χ1v) is 11.1. The number of nitrogens with one attached hydrogen (secondary N) is 1. The molecule has 1 aliphatic heterocycles. The van der Waals surface area contributed by atoms with Crippen LogP contribution in [0.25, 0.3) is 6.08 Å². The zero-order valence-electron chi connectivity index (χ0n) is 15.3. The van der Waals surface area contributed by atoms with Gasteiger partial charge in [-0.15, -0.1) is 0 Å². The van der Waals surface area contributed by atoms with Gasteiger partial charge in [0.2, 0.25) is 5.91 Å². The van der Waals surface area contributed by atoms with E-state index in [2.05, 4.69) is 27.9 Å². The van der Waals surface area contributed by atoms with Crippen LogP contribution in [0.1, 0.15) is 24.0 Å². The van der Waals surface area contributed by atoms with Crippen molar-refractivity contribution in [1.82, 2.24) is 4.90 Å². The summed E-state index contributed by atoms with van der Waals surface area (Å²) in [5, 5.41) is 2.88. The van der Waals surface area contributed by atoms with Gasteiger partial charge in [0.15, 0.2) is 0 Å². The fraction of sp³-hybridized carbons (Fsp3) is 0.190. The summed E-state index contributed by atoms with van der Waals surface area (Å²) >= 11 is 8.87. The zero-order valence-corrected chi connectivity index (χ0v) is 19.1. The quantitative estimate of drug-likeness (QED) is 0.321. The first-order chi connectivity index (χ1) is 13.4. The van der Waals surface area contributed by atoms with E-state index in [4.69, 9.17) is 12.2 Å². The maximum Gasteiger partial charge on any atom is 0.266 e. The number of benzene rings is 2.